The average molecular weight is 483 g/mol. The number of aryl methyl sites for hydroxylation is 1. The summed E-state index contributed by atoms with van der Waals surface area (Å²) in [4.78, 5) is 25.0. The summed E-state index contributed by atoms with van der Waals surface area (Å²) in [5.41, 5.74) is 0.320. The minimum absolute atomic E-state index is 0.0657. The zero-order chi connectivity index (χ0) is 25.0. The second kappa shape index (κ2) is 9.92. The molecule has 0 aliphatic rings. The number of ether oxygens (including phenoxy) is 2. The van der Waals surface area contributed by atoms with Crippen LogP contribution in [0, 0.1) is 6.92 Å². The fourth-order valence-electron chi connectivity index (χ4n) is 3.32. The predicted molar refractivity (Wildman–Crippen MR) is 123 cm³/mol. The van der Waals surface area contributed by atoms with Crippen LogP contribution in [-0.4, -0.2) is 12.5 Å². The molecule has 6 nitrogen and oxygen atoms in total. The molecule has 0 aliphatic heterocycles. The number of carbonyl (C=O) groups is 1. The summed E-state index contributed by atoms with van der Waals surface area (Å²) >= 11 is 0. The average Bonchev–Trinajstić information content (AvgIpc) is 2.83. The number of amides is 1. The Labute approximate surface area is 197 Å². The Hall–Kier alpha value is -4.27. The van der Waals surface area contributed by atoms with E-state index >= 15 is 0 Å². The standard InChI is InChI=1S/C26H20F3NO5/c1-16-6-5-9-19(12-16)34-24-23(32)20-11-10-18(13-21(20)35-25(24)26(27,28)29)33-15-22(31)30-14-17-7-3-2-4-8-17/h2-13H,14-15H2,1H3,(H,30,31). The van der Waals surface area contributed by atoms with Crippen molar-refractivity contribution in [3.05, 3.63) is 99.9 Å². The van der Waals surface area contributed by atoms with Crippen molar-refractivity contribution in [2.75, 3.05) is 6.61 Å². The zero-order valence-corrected chi connectivity index (χ0v) is 18.5. The molecule has 9 heteroatoms. The van der Waals surface area contributed by atoms with Gasteiger partial charge in [0, 0.05) is 12.6 Å². The van der Waals surface area contributed by atoms with Gasteiger partial charge in [0.15, 0.2) is 6.61 Å². The van der Waals surface area contributed by atoms with Crippen molar-refractivity contribution in [1.29, 1.82) is 0 Å². The van der Waals surface area contributed by atoms with Crippen LogP contribution in [0.25, 0.3) is 11.0 Å². The van der Waals surface area contributed by atoms with Crippen LogP contribution in [0.1, 0.15) is 16.9 Å². The van der Waals surface area contributed by atoms with Crippen molar-refractivity contribution in [1.82, 2.24) is 5.32 Å². The molecule has 0 fully saturated rings. The molecule has 0 saturated heterocycles. The first-order valence-corrected chi connectivity index (χ1v) is 10.6. The molecule has 3 aromatic carbocycles. The molecule has 4 rings (SSSR count). The Balaban J connectivity index is 1.56. The molecule has 0 atom stereocenters. The minimum Gasteiger partial charge on any atom is -0.484 e. The van der Waals surface area contributed by atoms with Gasteiger partial charge in [-0.05, 0) is 42.3 Å². The van der Waals surface area contributed by atoms with Gasteiger partial charge in [-0.15, -0.1) is 0 Å². The van der Waals surface area contributed by atoms with Gasteiger partial charge >= 0.3 is 6.18 Å². The lowest BCUT2D eigenvalue weighted by molar-refractivity contribution is -0.154. The third-order valence-electron chi connectivity index (χ3n) is 4.99. The molecular weight excluding hydrogens is 463 g/mol. The van der Waals surface area contributed by atoms with Gasteiger partial charge in [0.1, 0.15) is 17.1 Å². The Bertz CT molecular complexity index is 1410. The van der Waals surface area contributed by atoms with Gasteiger partial charge in [-0.3, -0.25) is 9.59 Å². The normalized spacial score (nSPS) is 11.3. The van der Waals surface area contributed by atoms with Crippen LogP contribution in [0.4, 0.5) is 13.2 Å². The fourth-order valence-corrected chi connectivity index (χ4v) is 3.32. The Morgan fingerprint density at radius 2 is 1.74 bits per heavy atom. The van der Waals surface area contributed by atoms with Crippen molar-refractivity contribution >= 4 is 16.9 Å². The van der Waals surface area contributed by atoms with Crippen molar-refractivity contribution in [2.24, 2.45) is 0 Å². The molecular formula is C26H20F3NO5. The summed E-state index contributed by atoms with van der Waals surface area (Å²) < 4.78 is 56.9. The highest BCUT2D eigenvalue weighted by molar-refractivity contribution is 5.80. The number of rotatable bonds is 7. The topological polar surface area (TPSA) is 77.8 Å². The maximum absolute atomic E-state index is 13.7. The number of hydrogen-bond donors (Lipinski definition) is 1. The summed E-state index contributed by atoms with van der Waals surface area (Å²) in [7, 11) is 0. The van der Waals surface area contributed by atoms with E-state index in [2.05, 4.69) is 5.32 Å². The van der Waals surface area contributed by atoms with Crippen LogP contribution in [0.2, 0.25) is 0 Å². The fraction of sp³-hybridized carbons (Fsp3) is 0.154. The van der Waals surface area contributed by atoms with Crippen molar-refractivity contribution in [2.45, 2.75) is 19.6 Å². The highest BCUT2D eigenvalue weighted by Crippen LogP contribution is 2.38. The van der Waals surface area contributed by atoms with E-state index in [1.807, 2.05) is 30.3 Å². The highest BCUT2D eigenvalue weighted by atomic mass is 19.4. The van der Waals surface area contributed by atoms with Gasteiger partial charge in [-0.1, -0.05) is 42.5 Å². The van der Waals surface area contributed by atoms with Crippen LogP contribution >= 0.6 is 0 Å². The van der Waals surface area contributed by atoms with Crippen molar-refractivity contribution < 1.29 is 31.9 Å². The molecule has 0 saturated carbocycles. The molecule has 1 amide bonds. The van der Waals surface area contributed by atoms with E-state index in [1.165, 1.54) is 24.3 Å². The van der Waals surface area contributed by atoms with E-state index in [-0.39, 0.29) is 29.1 Å². The van der Waals surface area contributed by atoms with Crippen LogP contribution < -0.4 is 20.2 Å². The number of halogens is 3. The first-order chi connectivity index (χ1) is 16.7. The smallest absolute Gasteiger partial charge is 0.453 e. The molecule has 0 spiro atoms. The number of nitrogens with one attached hydrogen (secondary N) is 1. The highest BCUT2D eigenvalue weighted by Gasteiger charge is 2.40. The van der Waals surface area contributed by atoms with Crippen LogP contribution in [0.15, 0.2) is 82.0 Å². The third-order valence-corrected chi connectivity index (χ3v) is 4.99. The summed E-state index contributed by atoms with van der Waals surface area (Å²) in [6.45, 7) is 1.67. The lowest BCUT2D eigenvalue weighted by Crippen LogP contribution is -2.28. The maximum Gasteiger partial charge on any atom is 0.453 e. The number of fused-ring (bicyclic) bond motifs is 1. The quantitative estimate of drug-likeness (QED) is 0.370. The van der Waals surface area contributed by atoms with E-state index in [0.717, 1.165) is 17.2 Å². The molecule has 0 unspecified atom stereocenters. The Morgan fingerprint density at radius 1 is 0.971 bits per heavy atom. The number of alkyl halides is 3. The van der Waals surface area contributed by atoms with Crippen LogP contribution in [0.5, 0.6) is 17.2 Å². The van der Waals surface area contributed by atoms with E-state index in [1.54, 1.807) is 19.1 Å². The second-order valence-electron chi connectivity index (χ2n) is 7.71. The molecule has 1 heterocycles. The molecule has 0 radical (unpaired) electrons. The monoisotopic (exact) mass is 483 g/mol. The molecule has 1 N–H and O–H groups in total. The molecule has 0 aliphatic carbocycles. The molecule has 180 valence electrons. The third kappa shape index (κ3) is 5.81. The van der Waals surface area contributed by atoms with Crippen molar-refractivity contribution in [3.8, 4) is 17.2 Å². The predicted octanol–water partition coefficient (Wildman–Crippen LogP) is 5.61. The van der Waals surface area contributed by atoms with E-state index < -0.39 is 29.0 Å². The van der Waals surface area contributed by atoms with E-state index in [0.29, 0.717) is 6.54 Å². The van der Waals surface area contributed by atoms with Gasteiger partial charge in [-0.25, -0.2) is 0 Å². The Morgan fingerprint density at radius 3 is 2.46 bits per heavy atom. The number of benzene rings is 3. The lowest BCUT2D eigenvalue weighted by Gasteiger charge is -2.14. The summed E-state index contributed by atoms with van der Waals surface area (Å²) in [6.07, 6.45) is -4.99. The largest absolute Gasteiger partial charge is 0.484 e. The summed E-state index contributed by atoms with van der Waals surface area (Å²) in [5.74, 6) is -2.80. The molecule has 4 aromatic rings. The van der Waals surface area contributed by atoms with Crippen LogP contribution in [0.3, 0.4) is 0 Å². The Kier molecular flexibility index (Phi) is 6.77. The second-order valence-corrected chi connectivity index (χ2v) is 7.71. The molecule has 35 heavy (non-hydrogen) atoms. The zero-order valence-electron chi connectivity index (χ0n) is 18.5. The van der Waals surface area contributed by atoms with Gasteiger partial charge in [0.05, 0.1) is 5.39 Å². The van der Waals surface area contributed by atoms with Gasteiger partial charge in [0.25, 0.3) is 11.7 Å². The van der Waals surface area contributed by atoms with Gasteiger partial charge in [0.2, 0.25) is 11.2 Å². The number of hydrogen-bond acceptors (Lipinski definition) is 5. The summed E-state index contributed by atoms with van der Waals surface area (Å²) in [6, 6.07) is 19.3. The minimum atomic E-state index is -4.99. The lowest BCUT2D eigenvalue weighted by atomic mass is 10.2. The van der Waals surface area contributed by atoms with E-state index in [4.69, 9.17) is 13.9 Å². The first kappa shape index (κ1) is 23.9. The van der Waals surface area contributed by atoms with Crippen LogP contribution in [-0.2, 0) is 17.5 Å². The van der Waals surface area contributed by atoms with Crippen molar-refractivity contribution in [3.63, 3.8) is 0 Å². The van der Waals surface area contributed by atoms with Gasteiger partial charge < -0.3 is 19.2 Å². The molecule has 1 aromatic heterocycles. The number of carbonyl (C=O) groups excluding carboxylic acids is 1. The van der Waals surface area contributed by atoms with E-state index in [9.17, 15) is 22.8 Å². The SMILES string of the molecule is Cc1cccc(Oc2c(C(F)(F)F)oc3cc(OCC(=O)NCc4ccccc4)ccc3c2=O)c1. The molecule has 0 bridgehead atoms. The maximum atomic E-state index is 13.7. The summed E-state index contributed by atoms with van der Waals surface area (Å²) in [5, 5.41) is 2.55. The van der Waals surface area contributed by atoms with Gasteiger partial charge in [-0.2, -0.15) is 13.2 Å². The first-order valence-electron chi connectivity index (χ1n) is 10.6.